The lowest BCUT2D eigenvalue weighted by atomic mass is 9.98. The van der Waals surface area contributed by atoms with Crippen LogP contribution in [0.15, 0.2) is 53.6 Å². The largest absolute Gasteiger partial charge is 0.364 e. The molecule has 166 valence electrons. The van der Waals surface area contributed by atoms with Gasteiger partial charge in [-0.05, 0) is 37.6 Å². The molecule has 5 nitrogen and oxygen atoms in total. The predicted octanol–water partition coefficient (Wildman–Crippen LogP) is 4.94. The fraction of sp³-hybridized carbons (Fsp3) is 0.261. The van der Waals surface area contributed by atoms with Gasteiger partial charge in [0.1, 0.15) is 5.71 Å². The number of halogens is 4. The highest BCUT2D eigenvalue weighted by Gasteiger charge is 2.53. The molecule has 0 bridgehead atoms. The number of nitrogens with zero attached hydrogens (tertiary/aromatic N) is 3. The van der Waals surface area contributed by atoms with Gasteiger partial charge in [0.25, 0.3) is 18.8 Å². The van der Waals surface area contributed by atoms with Crippen molar-refractivity contribution in [3.63, 3.8) is 0 Å². The highest BCUT2D eigenvalue weighted by Crippen LogP contribution is 2.36. The minimum atomic E-state index is -3.50. The number of carbonyl (C=O) groups is 1. The first kappa shape index (κ1) is 21.9. The Bertz CT molecular complexity index is 1250. The van der Waals surface area contributed by atoms with Crippen LogP contribution in [0.1, 0.15) is 27.9 Å². The van der Waals surface area contributed by atoms with Crippen molar-refractivity contribution < 1.29 is 27.5 Å². The molecule has 1 aliphatic rings. The number of pyridine rings is 1. The molecule has 1 aromatic heterocycles. The summed E-state index contributed by atoms with van der Waals surface area (Å²) in [6, 6.07) is 13.6. The lowest BCUT2D eigenvalue weighted by molar-refractivity contribution is -0.164. The van der Waals surface area contributed by atoms with Crippen LogP contribution in [0.4, 0.5) is 17.6 Å². The van der Waals surface area contributed by atoms with Crippen molar-refractivity contribution in [1.82, 2.24) is 9.99 Å². The van der Waals surface area contributed by atoms with Gasteiger partial charge in [0, 0.05) is 17.4 Å². The topological polar surface area (TPSA) is 65.8 Å². The number of alkyl halides is 4. The van der Waals surface area contributed by atoms with Crippen molar-refractivity contribution in [3.8, 4) is 11.3 Å². The van der Waals surface area contributed by atoms with E-state index in [4.69, 9.17) is 0 Å². The average Bonchev–Trinajstić information content (AvgIpc) is 3.13. The van der Waals surface area contributed by atoms with E-state index in [-0.39, 0.29) is 10.6 Å². The van der Waals surface area contributed by atoms with Gasteiger partial charge < -0.3 is 5.11 Å². The zero-order valence-electron chi connectivity index (χ0n) is 17.2. The standard InChI is InChI=1S/C23H19F4N3O2/c1-12-7-8-13(2)15(9-12)18-10-16(14-5-3-4-6-17(14)28-18)21(31)30-23(32,22(26)27)11-19(29-30)20(24)25/h3-10,20,22,32H,11H2,1-2H3/t23-/m1/s1. The highest BCUT2D eigenvalue weighted by molar-refractivity contribution is 6.08. The third kappa shape index (κ3) is 3.62. The summed E-state index contributed by atoms with van der Waals surface area (Å²) in [5.41, 5.74) is -0.845. The van der Waals surface area contributed by atoms with Gasteiger partial charge >= 0.3 is 0 Å². The molecule has 0 saturated carbocycles. The molecule has 2 heterocycles. The van der Waals surface area contributed by atoms with E-state index in [0.717, 1.165) is 16.7 Å². The Morgan fingerprint density at radius 1 is 1.09 bits per heavy atom. The molecule has 1 amide bonds. The molecule has 1 N–H and O–H groups in total. The van der Waals surface area contributed by atoms with Crippen molar-refractivity contribution in [3.05, 3.63) is 65.2 Å². The zero-order valence-corrected chi connectivity index (χ0v) is 17.2. The molecule has 0 radical (unpaired) electrons. The number of aliphatic hydroxyl groups is 1. The Morgan fingerprint density at radius 3 is 2.50 bits per heavy atom. The van der Waals surface area contributed by atoms with E-state index in [1.165, 1.54) is 6.07 Å². The Balaban J connectivity index is 1.92. The van der Waals surface area contributed by atoms with Gasteiger partial charge in [0.2, 0.25) is 5.72 Å². The van der Waals surface area contributed by atoms with Crippen molar-refractivity contribution in [2.45, 2.75) is 38.8 Å². The predicted molar refractivity (Wildman–Crippen MR) is 112 cm³/mol. The van der Waals surface area contributed by atoms with Gasteiger partial charge in [0.05, 0.1) is 16.8 Å². The summed E-state index contributed by atoms with van der Waals surface area (Å²) in [7, 11) is 0. The SMILES string of the molecule is Cc1ccc(C)c(-c2cc(C(=O)N3N=C(C(F)F)C[C@@]3(O)C(F)F)c3ccccc3n2)c1. The van der Waals surface area contributed by atoms with E-state index in [1.54, 1.807) is 24.3 Å². The van der Waals surface area contributed by atoms with Crippen LogP contribution in [0.2, 0.25) is 0 Å². The van der Waals surface area contributed by atoms with E-state index >= 15 is 0 Å². The second-order valence-corrected chi connectivity index (χ2v) is 7.76. The Labute approximate surface area is 181 Å². The first-order chi connectivity index (χ1) is 15.1. The van der Waals surface area contributed by atoms with E-state index in [1.807, 2.05) is 32.0 Å². The first-order valence-corrected chi connectivity index (χ1v) is 9.80. The maximum absolute atomic E-state index is 13.7. The number of benzene rings is 2. The summed E-state index contributed by atoms with van der Waals surface area (Å²) in [4.78, 5) is 17.9. The average molecular weight is 445 g/mol. The number of hydrogen-bond donors (Lipinski definition) is 1. The summed E-state index contributed by atoms with van der Waals surface area (Å²) >= 11 is 0. The molecule has 0 unspecified atom stereocenters. The van der Waals surface area contributed by atoms with Crippen molar-refractivity contribution in [1.29, 1.82) is 0 Å². The third-order valence-corrected chi connectivity index (χ3v) is 5.45. The monoisotopic (exact) mass is 445 g/mol. The molecule has 0 fully saturated rings. The van der Waals surface area contributed by atoms with Crippen LogP contribution in [0.3, 0.4) is 0 Å². The van der Waals surface area contributed by atoms with E-state index < -0.39 is 36.6 Å². The fourth-order valence-corrected chi connectivity index (χ4v) is 3.72. The van der Waals surface area contributed by atoms with Crippen molar-refractivity contribution >= 4 is 22.5 Å². The number of fused-ring (bicyclic) bond motifs is 1. The number of aromatic nitrogens is 1. The normalized spacial score (nSPS) is 18.7. The summed E-state index contributed by atoms with van der Waals surface area (Å²) in [5, 5.41) is 14.2. The van der Waals surface area contributed by atoms with E-state index in [0.29, 0.717) is 16.6 Å². The van der Waals surface area contributed by atoms with Crippen LogP contribution in [0.25, 0.3) is 22.2 Å². The molecule has 2 aromatic carbocycles. The van der Waals surface area contributed by atoms with Gasteiger partial charge in [-0.3, -0.25) is 4.79 Å². The molecule has 0 saturated heterocycles. The van der Waals surface area contributed by atoms with Gasteiger partial charge in [0.15, 0.2) is 0 Å². The molecule has 1 atom stereocenters. The Kier molecular flexibility index (Phi) is 5.46. The maximum atomic E-state index is 13.7. The van der Waals surface area contributed by atoms with Crippen LogP contribution in [-0.4, -0.2) is 45.3 Å². The molecular formula is C23H19F4N3O2. The number of aryl methyl sites for hydroxylation is 2. The number of hydrazone groups is 1. The molecule has 0 spiro atoms. The lowest BCUT2D eigenvalue weighted by Crippen LogP contribution is -2.51. The van der Waals surface area contributed by atoms with Gasteiger partial charge in [-0.15, -0.1) is 0 Å². The van der Waals surface area contributed by atoms with Crippen LogP contribution in [0.5, 0.6) is 0 Å². The van der Waals surface area contributed by atoms with Crippen LogP contribution >= 0.6 is 0 Å². The summed E-state index contributed by atoms with van der Waals surface area (Å²) in [5.74, 6) is -1.12. The van der Waals surface area contributed by atoms with Gasteiger partial charge in [-0.2, -0.15) is 10.1 Å². The minimum Gasteiger partial charge on any atom is -0.364 e. The summed E-state index contributed by atoms with van der Waals surface area (Å²) in [6.07, 6.45) is -7.82. The first-order valence-electron chi connectivity index (χ1n) is 9.80. The summed E-state index contributed by atoms with van der Waals surface area (Å²) in [6.45, 7) is 3.76. The van der Waals surface area contributed by atoms with Crippen LogP contribution in [-0.2, 0) is 0 Å². The van der Waals surface area contributed by atoms with Gasteiger partial charge in [-0.25, -0.2) is 22.5 Å². The van der Waals surface area contributed by atoms with Gasteiger partial charge in [-0.1, -0.05) is 35.9 Å². The Hall–Kier alpha value is -3.33. The van der Waals surface area contributed by atoms with Crippen molar-refractivity contribution in [2.75, 3.05) is 0 Å². The lowest BCUT2D eigenvalue weighted by Gasteiger charge is -2.30. The van der Waals surface area contributed by atoms with E-state index in [2.05, 4.69) is 10.1 Å². The quantitative estimate of drug-likeness (QED) is 0.579. The van der Waals surface area contributed by atoms with Crippen molar-refractivity contribution in [2.24, 2.45) is 5.10 Å². The number of para-hydroxylation sites is 1. The highest BCUT2D eigenvalue weighted by atomic mass is 19.3. The minimum absolute atomic E-state index is 0.0772. The number of hydrogen-bond acceptors (Lipinski definition) is 4. The molecule has 9 heteroatoms. The smallest absolute Gasteiger partial charge is 0.287 e. The molecule has 32 heavy (non-hydrogen) atoms. The molecular weight excluding hydrogens is 426 g/mol. The van der Waals surface area contributed by atoms with E-state index in [9.17, 15) is 27.5 Å². The number of amides is 1. The summed E-state index contributed by atoms with van der Waals surface area (Å²) < 4.78 is 53.7. The maximum Gasteiger partial charge on any atom is 0.287 e. The second-order valence-electron chi connectivity index (χ2n) is 7.76. The molecule has 4 rings (SSSR count). The number of rotatable bonds is 4. The van der Waals surface area contributed by atoms with Crippen LogP contribution in [0, 0.1) is 13.8 Å². The molecule has 0 aliphatic carbocycles. The molecule has 1 aliphatic heterocycles. The Morgan fingerprint density at radius 2 is 1.81 bits per heavy atom. The van der Waals surface area contributed by atoms with Crippen LogP contribution < -0.4 is 0 Å². The molecule has 3 aromatic rings. The number of carbonyl (C=O) groups excluding carboxylic acids is 1. The second kappa shape index (κ2) is 7.98. The fourth-order valence-electron chi connectivity index (χ4n) is 3.72. The third-order valence-electron chi connectivity index (χ3n) is 5.45. The zero-order chi connectivity index (χ0) is 23.2.